The summed E-state index contributed by atoms with van der Waals surface area (Å²) in [5.74, 6) is 0.859. The highest BCUT2D eigenvalue weighted by molar-refractivity contribution is 6.07. The minimum Gasteiger partial charge on any atom is -0.497 e. The van der Waals surface area contributed by atoms with Crippen molar-refractivity contribution in [3.05, 3.63) is 29.8 Å². The summed E-state index contributed by atoms with van der Waals surface area (Å²) in [7, 11) is 1.63. The molecule has 7 nitrogen and oxygen atoms in total. The maximum atomic E-state index is 13.4. The van der Waals surface area contributed by atoms with Crippen molar-refractivity contribution in [2.24, 2.45) is 5.92 Å². The van der Waals surface area contributed by atoms with Crippen LogP contribution < -0.4 is 10.1 Å². The van der Waals surface area contributed by atoms with Crippen molar-refractivity contribution >= 4 is 11.9 Å². The van der Waals surface area contributed by atoms with Gasteiger partial charge in [0.05, 0.1) is 13.2 Å². The molecule has 0 saturated carbocycles. The Kier molecular flexibility index (Phi) is 7.36. The van der Waals surface area contributed by atoms with Crippen molar-refractivity contribution in [3.8, 4) is 5.75 Å². The number of urea groups is 1. The molecule has 0 bridgehead atoms. The molecular weight excluding hydrogens is 382 g/mol. The van der Waals surface area contributed by atoms with E-state index in [1.807, 2.05) is 38.1 Å². The molecule has 2 fully saturated rings. The van der Waals surface area contributed by atoms with Crippen molar-refractivity contribution < 1.29 is 19.4 Å². The third-order valence-corrected chi connectivity index (χ3v) is 6.69. The molecule has 7 heteroatoms. The number of hydrogen-bond acceptors (Lipinski definition) is 5. The topological polar surface area (TPSA) is 82.1 Å². The van der Waals surface area contributed by atoms with Gasteiger partial charge in [-0.05, 0) is 75.7 Å². The Bertz CT molecular complexity index is 728. The molecule has 3 rings (SSSR count). The minimum absolute atomic E-state index is 0.0778. The Hall–Kier alpha value is -2.12. The van der Waals surface area contributed by atoms with Crippen molar-refractivity contribution in [3.63, 3.8) is 0 Å². The van der Waals surface area contributed by atoms with E-state index in [9.17, 15) is 14.7 Å². The lowest BCUT2D eigenvalue weighted by molar-refractivity contribution is -0.134. The minimum atomic E-state index is -0.784. The Balaban J connectivity index is 1.60. The zero-order valence-electron chi connectivity index (χ0n) is 18.4. The molecule has 166 valence electrons. The molecule has 0 aliphatic carbocycles. The van der Waals surface area contributed by atoms with E-state index < -0.39 is 5.54 Å². The molecule has 1 aromatic carbocycles. The average molecular weight is 418 g/mol. The van der Waals surface area contributed by atoms with Crippen LogP contribution in [-0.2, 0) is 11.2 Å². The second kappa shape index (κ2) is 9.79. The summed E-state index contributed by atoms with van der Waals surface area (Å²) in [5.41, 5.74) is 0.282. The highest BCUT2D eigenvalue weighted by Gasteiger charge is 2.54. The van der Waals surface area contributed by atoms with Gasteiger partial charge in [-0.15, -0.1) is 0 Å². The van der Waals surface area contributed by atoms with Crippen molar-refractivity contribution in [2.75, 3.05) is 33.3 Å². The molecule has 3 amide bonds. The van der Waals surface area contributed by atoms with E-state index in [4.69, 9.17) is 4.74 Å². The Morgan fingerprint density at radius 2 is 1.87 bits per heavy atom. The fourth-order valence-corrected chi connectivity index (χ4v) is 4.70. The van der Waals surface area contributed by atoms with Gasteiger partial charge in [0.25, 0.3) is 5.91 Å². The molecule has 0 radical (unpaired) electrons. The number of imide groups is 1. The summed E-state index contributed by atoms with van der Waals surface area (Å²) in [6, 6.07) is 7.44. The molecule has 2 aliphatic rings. The number of aliphatic hydroxyl groups is 1. The number of benzene rings is 1. The average Bonchev–Trinajstić information content (AvgIpc) is 3.01. The molecular formula is C23H35N3O4. The predicted octanol–water partition coefficient (Wildman–Crippen LogP) is 2.42. The Morgan fingerprint density at radius 3 is 2.43 bits per heavy atom. The van der Waals surface area contributed by atoms with Gasteiger partial charge in [0, 0.05) is 13.1 Å². The van der Waals surface area contributed by atoms with Gasteiger partial charge in [0.2, 0.25) is 0 Å². The van der Waals surface area contributed by atoms with Gasteiger partial charge in [0.15, 0.2) is 0 Å². The van der Waals surface area contributed by atoms with Crippen LogP contribution in [0.4, 0.5) is 4.79 Å². The van der Waals surface area contributed by atoms with E-state index in [0.29, 0.717) is 19.4 Å². The quantitative estimate of drug-likeness (QED) is 0.603. The first-order chi connectivity index (χ1) is 14.4. The molecule has 0 unspecified atom stereocenters. The lowest BCUT2D eigenvalue weighted by Crippen LogP contribution is -2.55. The van der Waals surface area contributed by atoms with Gasteiger partial charge in [-0.3, -0.25) is 9.69 Å². The number of piperidine rings is 1. The number of ether oxygens (including phenoxy) is 1. The number of methoxy groups -OCH3 is 1. The lowest BCUT2D eigenvalue weighted by atomic mass is 9.75. The standard InChI is InChI=1S/C23H35N3O4/c1-4-23(19-11-14-25(15-12-19)13-9-17(2)27)21(28)26(22(29)24-23)16-10-18-5-7-20(30-3)8-6-18/h5-8,17,19,27H,4,9-16H2,1-3H3,(H,24,29)/t17-,23-/m1/s1. The van der Waals surface area contributed by atoms with Crippen molar-refractivity contribution in [1.82, 2.24) is 15.1 Å². The third kappa shape index (κ3) is 4.78. The summed E-state index contributed by atoms with van der Waals surface area (Å²) >= 11 is 0. The molecule has 2 aliphatic heterocycles. The van der Waals surface area contributed by atoms with Gasteiger partial charge in [-0.1, -0.05) is 19.1 Å². The summed E-state index contributed by atoms with van der Waals surface area (Å²) in [5, 5.41) is 12.6. The SMILES string of the molecule is CC[C@]1(C2CCN(CC[C@@H](C)O)CC2)NC(=O)N(CCc2ccc(OC)cc2)C1=O. The Morgan fingerprint density at radius 1 is 1.20 bits per heavy atom. The van der Waals surface area contributed by atoms with E-state index in [1.54, 1.807) is 7.11 Å². The van der Waals surface area contributed by atoms with Crippen LogP contribution in [-0.4, -0.2) is 71.8 Å². The molecule has 0 aromatic heterocycles. The lowest BCUT2D eigenvalue weighted by Gasteiger charge is -2.40. The highest BCUT2D eigenvalue weighted by atomic mass is 16.5. The van der Waals surface area contributed by atoms with Crippen LogP contribution in [0, 0.1) is 5.92 Å². The normalized spacial score (nSPS) is 24.2. The number of hydrogen-bond donors (Lipinski definition) is 2. The molecule has 30 heavy (non-hydrogen) atoms. The van der Waals surface area contributed by atoms with Gasteiger partial charge in [-0.25, -0.2) is 4.79 Å². The monoisotopic (exact) mass is 417 g/mol. The molecule has 2 N–H and O–H groups in total. The zero-order valence-corrected chi connectivity index (χ0v) is 18.4. The van der Waals surface area contributed by atoms with Crippen LogP contribution in [0.15, 0.2) is 24.3 Å². The fourth-order valence-electron chi connectivity index (χ4n) is 4.70. The maximum Gasteiger partial charge on any atom is 0.325 e. The van der Waals surface area contributed by atoms with Gasteiger partial charge in [-0.2, -0.15) is 0 Å². The number of carbonyl (C=O) groups is 2. The molecule has 2 heterocycles. The second-order valence-electron chi connectivity index (χ2n) is 8.56. The number of carbonyl (C=O) groups excluding carboxylic acids is 2. The van der Waals surface area contributed by atoms with E-state index in [2.05, 4.69) is 10.2 Å². The molecule has 1 aromatic rings. The van der Waals surface area contributed by atoms with Crippen molar-refractivity contribution in [2.45, 2.75) is 57.6 Å². The number of amides is 3. The molecule has 2 atom stereocenters. The van der Waals surface area contributed by atoms with E-state index in [1.165, 1.54) is 4.90 Å². The smallest absolute Gasteiger partial charge is 0.325 e. The van der Waals surface area contributed by atoms with Crippen LogP contribution in [0.3, 0.4) is 0 Å². The molecule has 2 saturated heterocycles. The molecule has 0 spiro atoms. The number of rotatable bonds is 9. The maximum absolute atomic E-state index is 13.4. The summed E-state index contributed by atoms with van der Waals surface area (Å²) in [4.78, 5) is 29.8. The van der Waals surface area contributed by atoms with E-state index >= 15 is 0 Å². The summed E-state index contributed by atoms with van der Waals surface area (Å²) in [6.45, 7) is 6.85. The van der Waals surface area contributed by atoms with Crippen molar-refractivity contribution in [1.29, 1.82) is 0 Å². The van der Waals surface area contributed by atoms with Gasteiger partial charge in [0.1, 0.15) is 11.3 Å². The Labute approximate surface area is 179 Å². The van der Waals surface area contributed by atoms with Gasteiger partial charge < -0.3 is 20.1 Å². The van der Waals surface area contributed by atoms with Gasteiger partial charge >= 0.3 is 6.03 Å². The largest absolute Gasteiger partial charge is 0.497 e. The first-order valence-electron chi connectivity index (χ1n) is 11.1. The highest BCUT2D eigenvalue weighted by Crippen LogP contribution is 2.36. The first kappa shape index (κ1) is 22.6. The zero-order chi connectivity index (χ0) is 21.7. The predicted molar refractivity (Wildman–Crippen MR) is 115 cm³/mol. The second-order valence-corrected chi connectivity index (χ2v) is 8.56. The van der Waals surface area contributed by atoms with E-state index in [-0.39, 0.29) is 24.0 Å². The van der Waals surface area contributed by atoms with E-state index in [0.717, 1.165) is 50.2 Å². The van der Waals surface area contributed by atoms with Crippen LogP contribution in [0.25, 0.3) is 0 Å². The number of nitrogens with zero attached hydrogens (tertiary/aromatic N) is 2. The van der Waals surface area contributed by atoms with Crippen LogP contribution in [0.2, 0.25) is 0 Å². The first-order valence-corrected chi connectivity index (χ1v) is 11.1. The van der Waals surface area contributed by atoms with Crippen LogP contribution in [0.1, 0.15) is 45.1 Å². The fraction of sp³-hybridized carbons (Fsp3) is 0.652. The summed E-state index contributed by atoms with van der Waals surface area (Å²) in [6.07, 6.45) is 3.46. The number of aliphatic hydroxyl groups excluding tert-OH is 1. The third-order valence-electron chi connectivity index (χ3n) is 6.69. The van der Waals surface area contributed by atoms with Crippen LogP contribution in [0.5, 0.6) is 5.75 Å². The number of likely N-dealkylation sites (tertiary alicyclic amines) is 1. The number of nitrogens with one attached hydrogen (secondary N) is 1. The summed E-state index contributed by atoms with van der Waals surface area (Å²) < 4.78 is 5.18. The van der Waals surface area contributed by atoms with Crippen LogP contribution >= 0.6 is 0 Å².